The summed E-state index contributed by atoms with van der Waals surface area (Å²) >= 11 is 6.77. The lowest BCUT2D eigenvalue weighted by molar-refractivity contribution is -0.148. The van der Waals surface area contributed by atoms with Crippen LogP contribution in [0.4, 0.5) is 0 Å². The Kier molecular flexibility index (Phi) is 10.7. The highest BCUT2D eigenvalue weighted by atomic mass is 79.9. The smallest absolute Gasteiger partial charge is 0.320 e. The van der Waals surface area contributed by atoms with E-state index in [-0.39, 0.29) is 29.9 Å². The molecule has 0 fully saturated rings. The number of rotatable bonds is 9. The summed E-state index contributed by atoms with van der Waals surface area (Å²) in [6.45, 7) is 4.90. The molecule has 0 saturated heterocycles. The van der Waals surface area contributed by atoms with E-state index in [4.69, 9.17) is 9.47 Å². The van der Waals surface area contributed by atoms with Gasteiger partial charge in [0.25, 0.3) is 0 Å². The fraction of sp³-hybridized carbons (Fsp3) is 0.818. The van der Waals surface area contributed by atoms with E-state index in [1.807, 2.05) is 0 Å². The first-order chi connectivity index (χ1) is 8.53. The van der Waals surface area contributed by atoms with Gasteiger partial charge in [0.2, 0.25) is 0 Å². The molecule has 0 rings (SSSR count). The largest absolute Gasteiger partial charge is 0.465 e. The lowest BCUT2D eigenvalue weighted by Crippen LogP contribution is -2.39. The van der Waals surface area contributed by atoms with Crippen molar-refractivity contribution in [2.45, 2.75) is 18.7 Å². The van der Waals surface area contributed by atoms with Crippen LogP contribution in [0.2, 0.25) is 0 Å². The Bertz CT molecular complexity index is 243. The summed E-state index contributed by atoms with van der Waals surface area (Å²) in [5.74, 6) is -0.674. The van der Waals surface area contributed by atoms with Crippen molar-refractivity contribution in [3.8, 4) is 0 Å². The van der Waals surface area contributed by atoms with Gasteiger partial charge in [-0.2, -0.15) is 0 Å². The zero-order chi connectivity index (χ0) is 14.0. The molecule has 0 aliphatic rings. The van der Waals surface area contributed by atoms with Crippen LogP contribution in [0, 0.1) is 0 Å². The molecule has 0 amide bonds. The fourth-order valence-corrected chi connectivity index (χ4v) is 1.91. The lowest BCUT2D eigenvalue weighted by atomic mass is 10.4. The van der Waals surface area contributed by atoms with Gasteiger partial charge in [-0.1, -0.05) is 31.9 Å². The number of carbonyl (C=O) groups is 2. The predicted octanol–water partition coefficient (Wildman–Crippen LogP) is 1.57. The third-order valence-electron chi connectivity index (χ3n) is 1.94. The molecule has 5 nitrogen and oxygen atoms in total. The van der Waals surface area contributed by atoms with Gasteiger partial charge >= 0.3 is 11.9 Å². The summed E-state index contributed by atoms with van der Waals surface area (Å²) in [6.07, 6.45) is 0. The molecule has 0 aromatic rings. The molecule has 0 radical (unpaired) electrons. The maximum atomic E-state index is 11.4. The van der Waals surface area contributed by atoms with Crippen molar-refractivity contribution >= 4 is 43.8 Å². The second-order valence-corrected chi connectivity index (χ2v) is 5.47. The molecule has 0 saturated carbocycles. The zero-order valence-electron chi connectivity index (χ0n) is 10.7. The lowest BCUT2D eigenvalue weighted by Gasteiger charge is -2.22. The Morgan fingerprint density at radius 2 is 1.56 bits per heavy atom. The van der Waals surface area contributed by atoms with E-state index in [1.54, 1.807) is 18.7 Å². The van der Waals surface area contributed by atoms with E-state index in [1.165, 1.54) is 0 Å². The van der Waals surface area contributed by atoms with E-state index in [9.17, 15) is 9.59 Å². The number of carbonyl (C=O) groups excluding carboxylic acids is 2. The van der Waals surface area contributed by atoms with Crippen molar-refractivity contribution in [3.63, 3.8) is 0 Å². The molecular weight excluding hydrogens is 370 g/mol. The van der Waals surface area contributed by atoms with Crippen LogP contribution < -0.4 is 0 Å². The summed E-state index contributed by atoms with van der Waals surface area (Å²) in [5.41, 5.74) is 0. The predicted molar refractivity (Wildman–Crippen MR) is 76.2 cm³/mol. The van der Waals surface area contributed by atoms with Crippen molar-refractivity contribution in [1.82, 2.24) is 4.90 Å². The number of ether oxygens (including phenoxy) is 2. The number of esters is 2. The van der Waals surface area contributed by atoms with Gasteiger partial charge in [0.15, 0.2) is 0 Å². The Hall–Kier alpha value is -0.140. The number of hydrogen-bond donors (Lipinski definition) is 0. The first-order valence-electron chi connectivity index (χ1n) is 5.77. The van der Waals surface area contributed by atoms with Crippen LogP contribution >= 0.6 is 31.9 Å². The highest BCUT2D eigenvalue weighted by Gasteiger charge is 2.18. The van der Waals surface area contributed by atoms with E-state index in [2.05, 4.69) is 31.9 Å². The van der Waals surface area contributed by atoms with Crippen LogP contribution in [-0.4, -0.2) is 59.8 Å². The molecule has 0 N–H and O–H groups in total. The van der Waals surface area contributed by atoms with Crippen molar-refractivity contribution in [2.24, 2.45) is 0 Å². The molecule has 0 spiro atoms. The van der Waals surface area contributed by atoms with Crippen LogP contribution in [0.25, 0.3) is 0 Å². The van der Waals surface area contributed by atoms with Gasteiger partial charge in [-0.15, -0.1) is 0 Å². The van der Waals surface area contributed by atoms with Gasteiger partial charge in [-0.3, -0.25) is 14.5 Å². The maximum absolute atomic E-state index is 11.4. The number of hydrogen-bond acceptors (Lipinski definition) is 5. The van der Waals surface area contributed by atoms with Crippen LogP contribution in [0.3, 0.4) is 0 Å². The van der Waals surface area contributed by atoms with Crippen LogP contribution in [0.5, 0.6) is 0 Å². The minimum Gasteiger partial charge on any atom is -0.465 e. The molecule has 0 aliphatic carbocycles. The first-order valence-corrected chi connectivity index (χ1v) is 7.80. The summed E-state index contributed by atoms with van der Waals surface area (Å²) in [5, 5.41) is 0.731. The number of alkyl halides is 2. The molecule has 1 unspecified atom stereocenters. The van der Waals surface area contributed by atoms with Crippen molar-refractivity contribution < 1.29 is 19.1 Å². The molecule has 0 aromatic carbocycles. The average molecular weight is 389 g/mol. The van der Waals surface area contributed by atoms with E-state index in [0.29, 0.717) is 19.8 Å². The minimum absolute atomic E-state index is 0.0851. The highest BCUT2D eigenvalue weighted by molar-refractivity contribution is 9.12. The number of nitrogens with zero attached hydrogens (tertiary/aromatic N) is 1. The SMILES string of the molecule is CCOC(=O)CN(CC(=O)OCC)CC(Br)CBr. The zero-order valence-corrected chi connectivity index (χ0v) is 13.8. The molecule has 0 aliphatic heterocycles. The number of halogens is 2. The van der Waals surface area contributed by atoms with Gasteiger partial charge in [0, 0.05) is 16.7 Å². The van der Waals surface area contributed by atoms with E-state index in [0.717, 1.165) is 5.33 Å². The molecule has 0 heterocycles. The third kappa shape index (κ3) is 8.88. The standard InChI is InChI=1S/C11H19Br2NO4/c1-3-17-10(15)7-14(6-9(13)5-12)8-11(16)18-4-2/h9H,3-8H2,1-2H3. The molecule has 1 atom stereocenters. The summed E-state index contributed by atoms with van der Waals surface area (Å²) in [4.78, 5) is 24.7. The second-order valence-electron chi connectivity index (χ2n) is 3.53. The van der Waals surface area contributed by atoms with Gasteiger partial charge in [-0.05, 0) is 13.8 Å². The molecule has 0 bridgehead atoms. The van der Waals surface area contributed by atoms with Crippen molar-refractivity contribution in [3.05, 3.63) is 0 Å². The quantitative estimate of drug-likeness (QED) is 0.443. The average Bonchev–Trinajstić information content (AvgIpc) is 2.29. The highest BCUT2D eigenvalue weighted by Crippen LogP contribution is 2.06. The van der Waals surface area contributed by atoms with Crippen LogP contribution in [0.15, 0.2) is 0 Å². The van der Waals surface area contributed by atoms with E-state index < -0.39 is 0 Å². The van der Waals surface area contributed by atoms with Crippen LogP contribution in [-0.2, 0) is 19.1 Å². The normalized spacial score (nSPS) is 12.3. The third-order valence-corrected chi connectivity index (χ3v) is 4.20. The summed E-state index contributed by atoms with van der Waals surface area (Å²) in [6, 6.07) is 0. The Morgan fingerprint density at radius 1 is 1.11 bits per heavy atom. The minimum atomic E-state index is -0.337. The van der Waals surface area contributed by atoms with Gasteiger partial charge in [0.05, 0.1) is 26.3 Å². The van der Waals surface area contributed by atoms with Gasteiger partial charge < -0.3 is 9.47 Å². The van der Waals surface area contributed by atoms with Gasteiger partial charge in [0.1, 0.15) is 0 Å². The first kappa shape index (κ1) is 17.9. The Balaban J connectivity index is 4.32. The Labute approximate surface area is 124 Å². The fourth-order valence-electron chi connectivity index (χ4n) is 1.29. The molecular formula is C11H19Br2NO4. The van der Waals surface area contributed by atoms with Crippen LogP contribution in [0.1, 0.15) is 13.8 Å². The molecule has 7 heteroatoms. The molecule has 106 valence electrons. The van der Waals surface area contributed by atoms with Crippen molar-refractivity contribution in [1.29, 1.82) is 0 Å². The maximum Gasteiger partial charge on any atom is 0.320 e. The summed E-state index contributed by atoms with van der Waals surface area (Å²) in [7, 11) is 0. The topological polar surface area (TPSA) is 55.8 Å². The Morgan fingerprint density at radius 3 is 1.89 bits per heavy atom. The molecule has 18 heavy (non-hydrogen) atoms. The van der Waals surface area contributed by atoms with Gasteiger partial charge in [-0.25, -0.2) is 0 Å². The monoisotopic (exact) mass is 387 g/mol. The molecule has 0 aromatic heterocycles. The van der Waals surface area contributed by atoms with E-state index >= 15 is 0 Å². The second kappa shape index (κ2) is 10.8. The van der Waals surface area contributed by atoms with Crippen molar-refractivity contribution in [2.75, 3.05) is 38.2 Å². The summed E-state index contributed by atoms with van der Waals surface area (Å²) < 4.78 is 9.74.